The number of anilines is 1. The van der Waals surface area contributed by atoms with Gasteiger partial charge in [-0.05, 0) is 25.0 Å². The molecule has 4 heterocycles. The van der Waals surface area contributed by atoms with Crippen molar-refractivity contribution in [3.63, 3.8) is 0 Å². The molecule has 10 heteroatoms. The Balaban J connectivity index is 1.49. The Morgan fingerprint density at radius 2 is 2.10 bits per heavy atom. The van der Waals surface area contributed by atoms with E-state index in [1.165, 1.54) is 11.3 Å². The number of aromatic nitrogens is 4. The van der Waals surface area contributed by atoms with Gasteiger partial charge in [-0.1, -0.05) is 29.0 Å². The number of thiazole rings is 1. The van der Waals surface area contributed by atoms with Crippen LogP contribution >= 0.6 is 22.9 Å². The minimum Gasteiger partial charge on any atom is -0.379 e. The highest BCUT2D eigenvalue weighted by molar-refractivity contribution is 7.23. The number of amides is 1. The van der Waals surface area contributed by atoms with E-state index in [2.05, 4.69) is 15.1 Å². The largest absolute Gasteiger partial charge is 0.379 e. The zero-order valence-electron chi connectivity index (χ0n) is 16.8. The fourth-order valence-electron chi connectivity index (χ4n) is 3.99. The van der Waals surface area contributed by atoms with Gasteiger partial charge in [0.2, 0.25) is 5.82 Å². The number of carbonyl (C=O) groups excluding carboxylic acids is 1. The zero-order valence-corrected chi connectivity index (χ0v) is 18.4. The number of fused-ring (bicyclic) bond motifs is 2. The maximum absolute atomic E-state index is 13.6. The van der Waals surface area contributed by atoms with Crippen molar-refractivity contribution in [2.75, 3.05) is 44.3 Å². The molecule has 0 atom stereocenters. The molecule has 1 fully saturated rings. The van der Waals surface area contributed by atoms with Crippen LogP contribution in [0.4, 0.5) is 5.13 Å². The van der Waals surface area contributed by atoms with Crippen LogP contribution in [0.3, 0.4) is 0 Å². The molecule has 0 radical (unpaired) electrons. The number of carbonyl (C=O) groups is 1. The Hall–Kier alpha value is -2.07. The maximum atomic E-state index is 13.6. The molecular weight excluding hydrogens is 424 g/mol. The van der Waals surface area contributed by atoms with Crippen LogP contribution in [0.2, 0.25) is 5.02 Å². The second-order valence-corrected chi connectivity index (χ2v) is 9.03. The summed E-state index contributed by atoms with van der Waals surface area (Å²) in [5.74, 6) is 1.12. The van der Waals surface area contributed by atoms with E-state index in [4.69, 9.17) is 21.3 Å². The summed E-state index contributed by atoms with van der Waals surface area (Å²) in [6.45, 7) is 7.25. The number of ether oxygens (including phenoxy) is 1. The zero-order chi connectivity index (χ0) is 20.7. The van der Waals surface area contributed by atoms with Crippen molar-refractivity contribution >= 4 is 44.2 Å². The van der Waals surface area contributed by atoms with Gasteiger partial charge in [0, 0.05) is 39.1 Å². The molecule has 1 saturated heterocycles. The summed E-state index contributed by atoms with van der Waals surface area (Å²) in [7, 11) is 0. The molecule has 30 heavy (non-hydrogen) atoms. The first-order valence-corrected chi connectivity index (χ1v) is 11.4. The van der Waals surface area contributed by atoms with E-state index in [0.29, 0.717) is 22.5 Å². The minimum atomic E-state index is -0.156. The molecule has 0 aliphatic carbocycles. The van der Waals surface area contributed by atoms with E-state index in [1.807, 2.05) is 23.6 Å². The van der Waals surface area contributed by atoms with E-state index in [0.717, 1.165) is 73.8 Å². The van der Waals surface area contributed by atoms with Crippen molar-refractivity contribution in [3.05, 3.63) is 34.4 Å². The second-order valence-electron chi connectivity index (χ2n) is 7.64. The lowest BCUT2D eigenvalue weighted by Crippen LogP contribution is -2.43. The van der Waals surface area contributed by atoms with E-state index < -0.39 is 0 Å². The normalized spacial score (nSPS) is 16.9. The first kappa shape index (κ1) is 19.9. The Labute approximate surface area is 183 Å². The molecule has 0 spiro atoms. The molecule has 1 aromatic carbocycles. The van der Waals surface area contributed by atoms with E-state index in [-0.39, 0.29) is 5.91 Å². The van der Waals surface area contributed by atoms with Crippen LogP contribution in [-0.4, -0.2) is 69.9 Å². The molecule has 0 unspecified atom stereocenters. The smallest absolute Gasteiger partial charge is 0.298 e. The lowest BCUT2D eigenvalue weighted by molar-refractivity contribution is 0.0390. The number of benzene rings is 1. The predicted octanol–water partition coefficient (Wildman–Crippen LogP) is 2.77. The number of hydrogen-bond acceptors (Lipinski definition) is 7. The van der Waals surface area contributed by atoms with Crippen molar-refractivity contribution in [1.82, 2.24) is 24.6 Å². The third-order valence-corrected chi connectivity index (χ3v) is 7.25. The highest BCUT2D eigenvalue weighted by Crippen LogP contribution is 2.36. The van der Waals surface area contributed by atoms with Crippen LogP contribution in [0.5, 0.6) is 0 Å². The summed E-state index contributed by atoms with van der Waals surface area (Å²) < 4.78 is 8.29. The molecular formula is C20H23ClN6O2S. The number of rotatable bonds is 5. The van der Waals surface area contributed by atoms with Gasteiger partial charge in [0.1, 0.15) is 5.82 Å². The summed E-state index contributed by atoms with van der Waals surface area (Å²) in [6.07, 6.45) is 1.86. The van der Waals surface area contributed by atoms with Gasteiger partial charge in [-0.25, -0.2) is 4.98 Å². The van der Waals surface area contributed by atoms with Crippen LogP contribution in [0, 0.1) is 6.92 Å². The molecule has 158 valence electrons. The van der Waals surface area contributed by atoms with Gasteiger partial charge >= 0.3 is 0 Å². The first-order chi connectivity index (χ1) is 14.6. The summed E-state index contributed by atoms with van der Waals surface area (Å²) in [6, 6.07) is 3.84. The molecule has 2 aliphatic heterocycles. The fraction of sp³-hybridized carbons (Fsp3) is 0.500. The monoisotopic (exact) mass is 446 g/mol. The topological polar surface area (TPSA) is 76.4 Å². The van der Waals surface area contributed by atoms with Crippen LogP contribution in [0.1, 0.15) is 28.4 Å². The van der Waals surface area contributed by atoms with Crippen molar-refractivity contribution in [2.24, 2.45) is 0 Å². The van der Waals surface area contributed by atoms with Gasteiger partial charge in [0.25, 0.3) is 5.91 Å². The van der Waals surface area contributed by atoms with E-state index in [9.17, 15) is 4.79 Å². The Morgan fingerprint density at radius 1 is 1.27 bits per heavy atom. The van der Waals surface area contributed by atoms with E-state index in [1.54, 1.807) is 4.90 Å². The number of hydrogen-bond donors (Lipinski definition) is 0. The summed E-state index contributed by atoms with van der Waals surface area (Å²) in [4.78, 5) is 22.4. The maximum Gasteiger partial charge on any atom is 0.298 e. The number of morpholine rings is 1. The number of aryl methyl sites for hydroxylation is 2. The third kappa shape index (κ3) is 3.60. The Bertz CT molecular complexity index is 1050. The summed E-state index contributed by atoms with van der Waals surface area (Å²) >= 11 is 7.87. The summed E-state index contributed by atoms with van der Waals surface area (Å²) in [5, 5.41) is 9.73. The number of halogens is 1. The predicted molar refractivity (Wildman–Crippen MR) is 117 cm³/mol. The van der Waals surface area contributed by atoms with Crippen LogP contribution in [0.25, 0.3) is 10.2 Å². The SMILES string of the molecule is Cc1ccc(Cl)c2sc(N(CCN3CCOCC3)C(=O)c3nnc4n3CCC4)nc12. The van der Waals surface area contributed by atoms with Crippen LogP contribution < -0.4 is 4.90 Å². The van der Waals surface area contributed by atoms with Gasteiger partial charge in [-0.2, -0.15) is 0 Å². The average Bonchev–Trinajstić information content (AvgIpc) is 3.47. The van der Waals surface area contributed by atoms with E-state index >= 15 is 0 Å². The van der Waals surface area contributed by atoms with Crippen LogP contribution in [-0.2, 0) is 17.7 Å². The van der Waals surface area contributed by atoms with Gasteiger partial charge < -0.3 is 9.30 Å². The van der Waals surface area contributed by atoms with Gasteiger partial charge in [0.05, 0.1) is 28.5 Å². The lowest BCUT2D eigenvalue weighted by Gasteiger charge is -2.29. The molecule has 8 nitrogen and oxygen atoms in total. The Kier molecular flexibility index (Phi) is 5.44. The lowest BCUT2D eigenvalue weighted by atomic mass is 10.2. The van der Waals surface area contributed by atoms with Crippen molar-refractivity contribution in [2.45, 2.75) is 26.3 Å². The van der Waals surface area contributed by atoms with Crippen molar-refractivity contribution in [3.8, 4) is 0 Å². The van der Waals surface area contributed by atoms with Crippen molar-refractivity contribution in [1.29, 1.82) is 0 Å². The first-order valence-electron chi connectivity index (χ1n) is 10.2. The minimum absolute atomic E-state index is 0.156. The third-order valence-electron chi connectivity index (χ3n) is 5.71. The molecule has 2 aliphatic rings. The van der Waals surface area contributed by atoms with Gasteiger partial charge in [-0.15, -0.1) is 10.2 Å². The highest BCUT2D eigenvalue weighted by Gasteiger charge is 2.29. The molecule has 0 N–H and O–H groups in total. The molecule has 3 aromatic rings. The highest BCUT2D eigenvalue weighted by atomic mass is 35.5. The second kappa shape index (κ2) is 8.22. The molecule has 2 aromatic heterocycles. The average molecular weight is 447 g/mol. The molecule has 1 amide bonds. The molecule has 5 rings (SSSR count). The van der Waals surface area contributed by atoms with Crippen LogP contribution in [0.15, 0.2) is 12.1 Å². The van der Waals surface area contributed by atoms with Gasteiger partial charge in [0.15, 0.2) is 5.13 Å². The quantitative estimate of drug-likeness (QED) is 0.599. The summed E-state index contributed by atoms with van der Waals surface area (Å²) in [5.41, 5.74) is 1.89. The number of nitrogens with zero attached hydrogens (tertiary/aromatic N) is 6. The molecule has 0 bridgehead atoms. The van der Waals surface area contributed by atoms with Crippen molar-refractivity contribution < 1.29 is 9.53 Å². The fourth-order valence-corrected chi connectivity index (χ4v) is 5.33. The van der Waals surface area contributed by atoms with Gasteiger partial charge in [-0.3, -0.25) is 14.6 Å². The standard InChI is InChI=1S/C20H23ClN6O2S/c1-13-4-5-14(21)17-16(13)22-20(30-17)27(8-7-25-9-11-29-12-10-25)19(28)18-24-23-15-3-2-6-26(15)18/h4-5H,2-3,6-12H2,1H3. The molecule has 0 saturated carbocycles. The Morgan fingerprint density at radius 3 is 2.90 bits per heavy atom.